The molecule has 2 heterocycles. The van der Waals surface area contributed by atoms with Gasteiger partial charge < -0.3 is 16.2 Å². The number of nitrogens with two attached hydrogens (primary N) is 1. The lowest BCUT2D eigenvalue weighted by molar-refractivity contribution is 0.0699. The minimum Gasteiger partial charge on any atom is -0.478 e. The lowest BCUT2D eigenvalue weighted by atomic mass is 10.3. The minimum atomic E-state index is -0.977. The van der Waals surface area contributed by atoms with E-state index in [0.717, 1.165) is 4.70 Å². The van der Waals surface area contributed by atoms with Crippen LogP contribution in [0.1, 0.15) is 10.4 Å². The van der Waals surface area contributed by atoms with Crippen molar-refractivity contribution in [1.29, 1.82) is 0 Å². The van der Waals surface area contributed by atoms with Gasteiger partial charge in [-0.2, -0.15) is 0 Å². The molecule has 4 N–H and O–H groups in total. The number of aromatic carboxylic acids is 1. The van der Waals surface area contributed by atoms with Crippen LogP contribution in [0.15, 0.2) is 11.6 Å². The average Bonchev–Trinajstić information content (AvgIpc) is 2.69. The third-order valence-electron chi connectivity index (χ3n) is 1.97. The third-order valence-corrected chi connectivity index (χ3v) is 2.88. The Bertz CT molecular complexity index is 525. The second-order valence-electron chi connectivity index (χ2n) is 3.08. The van der Waals surface area contributed by atoms with Gasteiger partial charge in [-0.3, -0.25) is 0 Å². The number of carboxylic acids is 1. The normalized spacial score (nSPS) is 10.6. The van der Waals surface area contributed by atoms with Gasteiger partial charge in [-0.05, 0) is 0 Å². The molecule has 2 aromatic heterocycles. The largest absolute Gasteiger partial charge is 0.478 e. The van der Waals surface area contributed by atoms with Crippen LogP contribution >= 0.6 is 11.3 Å². The summed E-state index contributed by atoms with van der Waals surface area (Å²) in [6.07, 6.45) is 1.61. The molecule has 0 saturated heterocycles. The molecule has 0 aliphatic rings. The number of hydrogen-bond acceptors (Lipinski definition) is 6. The van der Waals surface area contributed by atoms with Gasteiger partial charge in [0.2, 0.25) is 5.95 Å². The number of nitrogens with zero attached hydrogens (tertiary/aromatic N) is 2. The number of anilines is 1. The fourth-order valence-electron chi connectivity index (χ4n) is 1.25. The van der Waals surface area contributed by atoms with Gasteiger partial charge in [-0.25, -0.2) is 14.8 Å². The van der Waals surface area contributed by atoms with Crippen LogP contribution < -0.4 is 11.1 Å². The van der Waals surface area contributed by atoms with E-state index < -0.39 is 5.97 Å². The molecule has 84 valence electrons. The van der Waals surface area contributed by atoms with E-state index in [1.807, 2.05) is 0 Å². The van der Waals surface area contributed by atoms with Crippen molar-refractivity contribution in [2.24, 2.45) is 5.73 Å². The van der Waals surface area contributed by atoms with Crippen molar-refractivity contribution in [3.05, 3.63) is 17.1 Å². The van der Waals surface area contributed by atoms with Crippen LogP contribution in [0, 0.1) is 0 Å². The molecule has 7 heteroatoms. The summed E-state index contributed by atoms with van der Waals surface area (Å²) < 4.78 is 0.760. The number of carbonyl (C=O) groups is 1. The van der Waals surface area contributed by atoms with Crippen molar-refractivity contribution < 1.29 is 9.90 Å². The van der Waals surface area contributed by atoms with Gasteiger partial charge >= 0.3 is 5.97 Å². The number of carboxylic acid groups (broad SMARTS) is 1. The lowest BCUT2D eigenvalue weighted by Crippen LogP contribution is -2.14. The molecular formula is C9H10N4O2S. The summed E-state index contributed by atoms with van der Waals surface area (Å²) in [7, 11) is 0. The van der Waals surface area contributed by atoms with Gasteiger partial charge in [0.15, 0.2) is 0 Å². The molecule has 0 radical (unpaired) electrons. The summed E-state index contributed by atoms with van der Waals surface area (Å²) in [5.41, 5.74) is 6.01. The Labute approximate surface area is 95.1 Å². The highest BCUT2D eigenvalue weighted by Gasteiger charge is 2.12. The molecular weight excluding hydrogens is 228 g/mol. The molecule has 0 fully saturated rings. The Morgan fingerprint density at radius 1 is 1.62 bits per heavy atom. The van der Waals surface area contributed by atoms with E-state index in [2.05, 4.69) is 15.3 Å². The molecule has 2 rings (SSSR count). The second kappa shape index (κ2) is 4.42. The number of hydrogen-bond donors (Lipinski definition) is 3. The highest BCUT2D eigenvalue weighted by atomic mass is 32.1. The van der Waals surface area contributed by atoms with Gasteiger partial charge in [0.25, 0.3) is 0 Å². The zero-order valence-corrected chi connectivity index (χ0v) is 9.12. The van der Waals surface area contributed by atoms with E-state index in [1.165, 1.54) is 11.3 Å². The molecule has 0 saturated carbocycles. The predicted molar refractivity (Wildman–Crippen MR) is 61.9 cm³/mol. The summed E-state index contributed by atoms with van der Waals surface area (Å²) in [6.45, 7) is 1.02. The predicted octanol–water partition coefficient (Wildman–Crippen LogP) is 0.760. The Morgan fingerprint density at radius 2 is 2.44 bits per heavy atom. The van der Waals surface area contributed by atoms with Crippen molar-refractivity contribution >= 4 is 33.5 Å². The van der Waals surface area contributed by atoms with Crippen LogP contribution in [-0.2, 0) is 0 Å². The summed E-state index contributed by atoms with van der Waals surface area (Å²) in [6, 6.07) is 0. The quantitative estimate of drug-likeness (QED) is 0.727. The standard InChI is InChI=1S/C9H10N4O2S/c10-1-2-11-9-12-3-6-7(13-9)5(4-16-6)8(14)15/h3-4H,1-2,10H2,(H,14,15)(H,11,12,13). The smallest absolute Gasteiger partial charge is 0.338 e. The van der Waals surface area contributed by atoms with Crippen LogP contribution in [0.3, 0.4) is 0 Å². The Kier molecular flexibility index (Phi) is 2.97. The zero-order chi connectivity index (χ0) is 11.5. The van der Waals surface area contributed by atoms with Crippen LogP contribution in [0.5, 0.6) is 0 Å². The number of thiophene rings is 1. The second-order valence-corrected chi connectivity index (χ2v) is 3.99. The molecule has 0 spiro atoms. The molecule has 0 aliphatic heterocycles. The number of aromatic nitrogens is 2. The first-order valence-corrected chi connectivity index (χ1v) is 5.52. The topological polar surface area (TPSA) is 101 Å². The maximum absolute atomic E-state index is 10.9. The van der Waals surface area contributed by atoms with E-state index in [4.69, 9.17) is 10.8 Å². The lowest BCUT2D eigenvalue weighted by Gasteiger charge is -2.01. The van der Waals surface area contributed by atoms with Crippen LogP contribution in [-0.4, -0.2) is 34.1 Å². The van der Waals surface area contributed by atoms with Crippen molar-refractivity contribution in [3.8, 4) is 0 Å². The maximum Gasteiger partial charge on any atom is 0.338 e. The van der Waals surface area contributed by atoms with Gasteiger partial charge in [0, 0.05) is 18.5 Å². The first kappa shape index (κ1) is 10.8. The molecule has 16 heavy (non-hydrogen) atoms. The van der Waals surface area contributed by atoms with Crippen molar-refractivity contribution in [1.82, 2.24) is 9.97 Å². The van der Waals surface area contributed by atoms with Crippen molar-refractivity contribution in [2.45, 2.75) is 0 Å². The molecule has 2 aromatic rings. The number of fused-ring (bicyclic) bond motifs is 1. The first-order chi connectivity index (χ1) is 7.72. The molecule has 0 unspecified atom stereocenters. The fourth-order valence-corrected chi connectivity index (χ4v) is 2.09. The van der Waals surface area contributed by atoms with Crippen LogP contribution in [0.25, 0.3) is 10.2 Å². The Balaban J connectivity index is 2.42. The van der Waals surface area contributed by atoms with E-state index in [1.54, 1.807) is 11.6 Å². The Hall–Kier alpha value is -1.73. The molecule has 0 amide bonds. The van der Waals surface area contributed by atoms with E-state index in [9.17, 15) is 4.79 Å². The number of rotatable bonds is 4. The minimum absolute atomic E-state index is 0.207. The van der Waals surface area contributed by atoms with Gasteiger partial charge in [0.1, 0.15) is 5.52 Å². The summed E-state index contributed by atoms with van der Waals surface area (Å²) in [5, 5.41) is 13.4. The monoisotopic (exact) mass is 238 g/mol. The van der Waals surface area contributed by atoms with Gasteiger partial charge in [-0.15, -0.1) is 11.3 Å². The highest BCUT2D eigenvalue weighted by molar-refractivity contribution is 7.17. The van der Waals surface area contributed by atoms with Gasteiger partial charge in [-0.1, -0.05) is 0 Å². The number of nitrogens with one attached hydrogen (secondary N) is 1. The SMILES string of the molecule is NCCNc1ncc2scc(C(=O)O)c2n1. The molecule has 6 nitrogen and oxygen atoms in total. The molecule has 0 atom stereocenters. The highest BCUT2D eigenvalue weighted by Crippen LogP contribution is 2.24. The van der Waals surface area contributed by atoms with Crippen LogP contribution in [0.4, 0.5) is 5.95 Å². The van der Waals surface area contributed by atoms with E-state index >= 15 is 0 Å². The third kappa shape index (κ3) is 1.95. The molecule has 0 bridgehead atoms. The summed E-state index contributed by atoms with van der Waals surface area (Å²) in [4.78, 5) is 19.1. The van der Waals surface area contributed by atoms with E-state index in [0.29, 0.717) is 24.6 Å². The first-order valence-electron chi connectivity index (χ1n) is 4.64. The average molecular weight is 238 g/mol. The van der Waals surface area contributed by atoms with E-state index in [-0.39, 0.29) is 5.56 Å². The van der Waals surface area contributed by atoms with Crippen molar-refractivity contribution in [2.75, 3.05) is 18.4 Å². The van der Waals surface area contributed by atoms with Crippen LogP contribution in [0.2, 0.25) is 0 Å². The van der Waals surface area contributed by atoms with Gasteiger partial charge in [0.05, 0.1) is 16.5 Å². The fraction of sp³-hybridized carbons (Fsp3) is 0.222. The Morgan fingerprint density at radius 3 is 3.12 bits per heavy atom. The zero-order valence-electron chi connectivity index (χ0n) is 8.30. The summed E-state index contributed by atoms with van der Waals surface area (Å²) >= 11 is 1.32. The van der Waals surface area contributed by atoms with Crippen molar-refractivity contribution in [3.63, 3.8) is 0 Å². The summed E-state index contributed by atoms with van der Waals surface area (Å²) in [5.74, 6) is -0.575. The maximum atomic E-state index is 10.9. The molecule has 0 aliphatic carbocycles. The molecule has 0 aromatic carbocycles.